The first-order valence-corrected chi connectivity index (χ1v) is 8.52. The summed E-state index contributed by atoms with van der Waals surface area (Å²) in [6.07, 6.45) is 6.79. The van der Waals surface area contributed by atoms with Crippen LogP contribution >= 0.6 is 11.8 Å². The Hall–Kier alpha value is -0.770. The molecule has 1 N–H and O–H groups in total. The second kappa shape index (κ2) is 7.87. The number of hydrogen-bond donors (Lipinski definition) is 1. The molecule has 0 amide bonds. The third-order valence-electron chi connectivity index (χ3n) is 3.90. The van der Waals surface area contributed by atoms with Gasteiger partial charge in [-0.05, 0) is 31.6 Å². The predicted molar refractivity (Wildman–Crippen MR) is 89.3 cm³/mol. The molecular formula is C17H25NOS. The number of rotatable bonds is 6. The van der Waals surface area contributed by atoms with Gasteiger partial charge >= 0.3 is 0 Å². The van der Waals surface area contributed by atoms with E-state index in [1.165, 1.54) is 11.1 Å². The van der Waals surface area contributed by atoms with Crippen molar-refractivity contribution in [3.05, 3.63) is 41.5 Å². The summed E-state index contributed by atoms with van der Waals surface area (Å²) in [6, 6.07) is 10.5. The quantitative estimate of drug-likeness (QED) is 0.865. The zero-order valence-electron chi connectivity index (χ0n) is 12.5. The molecule has 3 heteroatoms. The largest absolute Gasteiger partial charge is 0.381 e. The number of ether oxygens (including phenoxy) is 1. The number of nitrogens with one attached hydrogen (secondary N) is 1. The third kappa shape index (κ3) is 4.65. The Kier molecular flexibility index (Phi) is 6.14. The van der Waals surface area contributed by atoms with E-state index in [9.17, 15) is 0 Å². The van der Waals surface area contributed by atoms with Gasteiger partial charge in [-0.3, -0.25) is 0 Å². The normalized spacial score (nSPS) is 19.0. The van der Waals surface area contributed by atoms with Gasteiger partial charge < -0.3 is 10.1 Å². The zero-order chi connectivity index (χ0) is 14.3. The van der Waals surface area contributed by atoms with Gasteiger partial charge in [-0.25, -0.2) is 0 Å². The minimum absolute atomic E-state index is 0.366. The van der Waals surface area contributed by atoms with Crippen molar-refractivity contribution in [1.82, 2.24) is 5.32 Å². The minimum Gasteiger partial charge on any atom is -0.381 e. The van der Waals surface area contributed by atoms with Crippen molar-refractivity contribution < 1.29 is 4.74 Å². The zero-order valence-corrected chi connectivity index (χ0v) is 13.3. The Morgan fingerprint density at radius 1 is 1.30 bits per heavy atom. The molecule has 0 spiro atoms. The van der Waals surface area contributed by atoms with E-state index in [2.05, 4.69) is 54.9 Å². The molecule has 0 bridgehead atoms. The third-order valence-corrected chi connectivity index (χ3v) is 5.32. The fourth-order valence-electron chi connectivity index (χ4n) is 2.57. The van der Waals surface area contributed by atoms with E-state index < -0.39 is 0 Å². The molecule has 0 aliphatic carbocycles. The lowest BCUT2D eigenvalue weighted by molar-refractivity contribution is 0.0775. The van der Waals surface area contributed by atoms with Gasteiger partial charge in [0.05, 0.1) is 0 Å². The highest BCUT2D eigenvalue weighted by atomic mass is 32.2. The fourth-order valence-corrected chi connectivity index (χ4v) is 3.39. The van der Waals surface area contributed by atoms with Crippen molar-refractivity contribution in [3.63, 3.8) is 0 Å². The van der Waals surface area contributed by atoms with Crippen molar-refractivity contribution >= 4 is 17.8 Å². The summed E-state index contributed by atoms with van der Waals surface area (Å²) in [7, 11) is 0. The van der Waals surface area contributed by atoms with Crippen molar-refractivity contribution in [2.45, 2.75) is 24.5 Å². The highest BCUT2D eigenvalue weighted by Crippen LogP contribution is 2.32. The van der Waals surface area contributed by atoms with Crippen LogP contribution in [0.15, 0.2) is 35.9 Å². The lowest BCUT2D eigenvalue weighted by Crippen LogP contribution is -2.42. The summed E-state index contributed by atoms with van der Waals surface area (Å²) in [5, 5.41) is 3.62. The molecule has 0 unspecified atom stereocenters. The maximum absolute atomic E-state index is 5.48. The van der Waals surface area contributed by atoms with Crippen LogP contribution in [0.1, 0.15) is 25.3 Å². The Morgan fingerprint density at radius 2 is 2.00 bits per heavy atom. The van der Waals surface area contributed by atoms with Gasteiger partial charge in [0.25, 0.3) is 0 Å². The summed E-state index contributed by atoms with van der Waals surface area (Å²) >= 11 is 1.99. The summed E-state index contributed by atoms with van der Waals surface area (Å²) in [5.74, 6) is 0. The second-order valence-electron chi connectivity index (χ2n) is 5.50. The summed E-state index contributed by atoms with van der Waals surface area (Å²) in [4.78, 5) is 0. The Morgan fingerprint density at radius 3 is 2.65 bits per heavy atom. The van der Waals surface area contributed by atoms with Crippen molar-refractivity contribution in [2.24, 2.45) is 0 Å². The average molecular weight is 291 g/mol. The first kappa shape index (κ1) is 15.6. The molecule has 1 saturated heterocycles. The van der Waals surface area contributed by atoms with Crippen LogP contribution in [0.5, 0.6) is 0 Å². The second-order valence-corrected chi connectivity index (χ2v) is 6.78. The maximum Gasteiger partial charge on any atom is 0.0479 e. The molecule has 1 aromatic rings. The molecule has 0 saturated carbocycles. The Labute approximate surface area is 127 Å². The van der Waals surface area contributed by atoms with Crippen LogP contribution in [0.4, 0.5) is 0 Å². The topological polar surface area (TPSA) is 21.3 Å². The Bertz CT molecular complexity index is 424. The summed E-state index contributed by atoms with van der Waals surface area (Å²) in [5.41, 5.74) is 2.65. The van der Waals surface area contributed by atoms with Crippen LogP contribution in [0.3, 0.4) is 0 Å². The van der Waals surface area contributed by atoms with Gasteiger partial charge in [0.1, 0.15) is 0 Å². The number of thioether (sulfide) groups is 1. The van der Waals surface area contributed by atoms with Crippen LogP contribution in [-0.2, 0) is 4.74 Å². The van der Waals surface area contributed by atoms with E-state index in [1.54, 1.807) is 0 Å². The van der Waals surface area contributed by atoms with Gasteiger partial charge in [-0.2, -0.15) is 11.8 Å². The van der Waals surface area contributed by atoms with E-state index in [1.807, 2.05) is 11.8 Å². The molecule has 0 radical (unpaired) electrons. The van der Waals surface area contributed by atoms with Crippen LogP contribution in [0.25, 0.3) is 6.08 Å². The molecule has 0 aromatic heterocycles. The van der Waals surface area contributed by atoms with E-state index in [4.69, 9.17) is 4.74 Å². The molecule has 1 aliphatic heterocycles. The summed E-state index contributed by atoms with van der Waals surface area (Å²) < 4.78 is 5.85. The van der Waals surface area contributed by atoms with Gasteiger partial charge in [0, 0.05) is 31.1 Å². The average Bonchev–Trinajstić information content (AvgIpc) is 2.49. The highest BCUT2D eigenvalue weighted by molar-refractivity contribution is 8.00. The predicted octanol–water partition coefficient (Wildman–Crippen LogP) is 3.59. The van der Waals surface area contributed by atoms with Crippen LogP contribution < -0.4 is 5.32 Å². The first-order chi connectivity index (χ1) is 9.74. The van der Waals surface area contributed by atoms with E-state index in [-0.39, 0.29) is 0 Å². The molecular weight excluding hydrogens is 266 g/mol. The molecule has 1 fully saturated rings. The molecule has 2 rings (SSSR count). The molecule has 2 nitrogen and oxygen atoms in total. The van der Waals surface area contributed by atoms with E-state index in [0.29, 0.717) is 4.75 Å². The minimum atomic E-state index is 0.366. The Balaban J connectivity index is 1.81. The van der Waals surface area contributed by atoms with Gasteiger partial charge in [0.15, 0.2) is 0 Å². The van der Waals surface area contributed by atoms with Crippen LogP contribution in [0.2, 0.25) is 0 Å². The molecule has 20 heavy (non-hydrogen) atoms. The van der Waals surface area contributed by atoms with Crippen LogP contribution in [-0.4, -0.2) is 37.3 Å². The maximum atomic E-state index is 5.48. The lowest BCUT2D eigenvalue weighted by Gasteiger charge is -2.35. The molecule has 1 aromatic carbocycles. The number of benzene rings is 1. The monoisotopic (exact) mass is 291 g/mol. The summed E-state index contributed by atoms with van der Waals surface area (Å²) in [6.45, 7) is 6.02. The fraction of sp³-hybridized carbons (Fsp3) is 0.529. The standard InChI is InChI=1S/C17H25NOS/c1-15(12-16-6-4-3-5-7-16)13-18-14-17(20-2)8-10-19-11-9-17/h3-7,12,18H,8-11,13-14H2,1-2H3. The van der Waals surface area contributed by atoms with Gasteiger partial charge in [-0.15, -0.1) is 0 Å². The van der Waals surface area contributed by atoms with Gasteiger partial charge in [0.2, 0.25) is 0 Å². The van der Waals surface area contributed by atoms with E-state index in [0.717, 1.165) is 39.1 Å². The first-order valence-electron chi connectivity index (χ1n) is 7.30. The number of hydrogen-bond acceptors (Lipinski definition) is 3. The smallest absolute Gasteiger partial charge is 0.0479 e. The SMILES string of the molecule is CSC1(CNCC(C)=Cc2ccccc2)CCOCC1. The van der Waals surface area contributed by atoms with Gasteiger partial charge in [-0.1, -0.05) is 42.0 Å². The van der Waals surface area contributed by atoms with E-state index >= 15 is 0 Å². The molecule has 0 atom stereocenters. The van der Waals surface area contributed by atoms with Crippen molar-refractivity contribution in [1.29, 1.82) is 0 Å². The van der Waals surface area contributed by atoms with Crippen molar-refractivity contribution in [2.75, 3.05) is 32.6 Å². The molecule has 1 heterocycles. The lowest BCUT2D eigenvalue weighted by atomic mass is 9.99. The molecule has 110 valence electrons. The van der Waals surface area contributed by atoms with Crippen molar-refractivity contribution in [3.8, 4) is 0 Å². The highest BCUT2D eigenvalue weighted by Gasteiger charge is 2.31. The molecule has 1 aliphatic rings. The van der Waals surface area contributed by atoms with Crippen LogP contribution in [0, 0.1) is 0 Å².